The Balaban J connectivity index is 1.68. The third-order valence-electron chi connectivity index (χ3n) is 4.93. The second-order valence-corrected chi connectivity index (χ2v) is 8.09. The molecule has 0 saturated carbocycles. The number of benzene rings is 1. The van der Waals surface area contributed by atoms with Gasteiger partial charge in [-0.3, -0.25) is 15.8 Å². The number of allylic oxidation sites excluding steroid dienone is 1. The van der Waals surface area contributed by atoms with Gasteiger partial charge in [-0.2, -0.15) is 0 Å². The van der Waals surface area contributed by atoms with Crippen LogP contribution in [-0.4, -0.2) is 41.0 Å². The Kier molecular flexibility index (Phi) is 9.21. The summed E-state index contributed by atoms with van der Waals surface area (Å²) in [6, 6.07) is 12.6. The van der Waals surface area contributed by atoms with Crippen LogP contribution in [0, 0.1) is 0 Å². The van der Waals surface area contributed by atoms with Crippen molar-refractivity contribution in [2.45, 2.75) is 33.4 Å². The summed E-state index contributed by atoms with van der Waals surface area (Å²) in [4.78, 5) is 6.62. The fourth-order valence-electron chi connectivity index (χ4n) is 3.41. The first-order chi connectivity index (χ1) is 15.6. The monoisotopic (exact) mass is 470 g/mol. The van der Waals surface area contributed by atoms with Gasteiger partial charge in [-0.25, -0.2) is 4.99 Å². The normalized spacial score (nSPS) is 14.1. The van der Waals surface area contributed by atoms with Gasteiger partial charge in [0.1, 0.15) is 5.76 Å². The summed E-state index contributed by atoms with van der Waals surface area (Å²) < 4.78 is 6.15. The second kappa shape index (κ2) is 12.3. The number of furan rings is 1. The summed E-state index contributed by atoms with van der Waals surface area (Å²) in [6.07, 6.45) is 4.49. The SMILES string of the molecule is CCNC(=S)/N=C\C=C(\NNC(=S)NCC)c1ccc(CN2CCc3ccccc3C2)o1. The van der Waals surface area contributed by atoms with Crippen molar-refractivity contribution in [3.8, 4) is 0 Å². The maximum absolute atomic E-state index is 6.15. The van der Waals surface area contributed by atoms with Crippen LogP contribution in [-0.2, 0) is 19.5 Å². The minimum absolute atomic E-state index is 0.435. The highest BCUT2D eigenvalue weighted by atomic mass is 32.1. The Morgan fingerprint density at radius 2 is 1.84 bits per heavy atom. The molecular weight excluding hydrogens is 440 g/mol. The van der Waals surface area contributed by atoms with Crippen LogP contribution < -0.4 is 21.5 Å². The van der Waals surface area contributed by atoms with E-state index in [1.165, 1.54) is 11.1 Å². The van der Waals surface area contributed by atoms with Crippen LogP contribution in [0.4, 0.5) is 0 Å². The van der Waals surface area contributed by atoms with Crippen LogP contribution in [0.2, 0.25) is 0 Å². The van der Waals surface area contributed by atoms with Crippen LogP contribution in [0.15, 0.2) is 51.9 Å². The summed E-state index contributed by atoms with van der Waals surface area (Å²) in [5.74, 6) is 1.59. The van der Waals surface area contributed by atoms with Crippen molar-refractivity contribution in [3.63, 3.8) is 0 Å². The zero-order chi connectivity index (χ0) is 22.8. The van der Waals surface area contributed by atoms with Gasteiger partial charge in [0.25, 0.3) is 0 Å². The first-order valence-corrected chi connectivity index (χ1v) is 11.6. The number of nitrogens with one attached hydrogen (secondary N) is 4. The average molecular weight is 471 g/mol. The fourth-order valence-corrected chi connectivity index (χ4v) is 3.81. The van der Waals surface area contributed by atoms with E-state index in [1.54, 1.807) is 12.3 Å². The van der Waals surface area contributed by atoms with Gasteiger partial charge in [0, 0.05) is 32.4 Å². The molecule has 0 spiro atoms. The number of thiocarbonyl (C=S) groups is 2. The molecule has 1 aliphatic heterocycles. The molecule has 7 nitrogen and oxygen atoms in total. The molecule has 170 valence electrons. The summed E-state index contributed by atoms with van der Waals surface area (Å²) in [7, 11) is 0. The third kappa shape index (κ3) is 7.15. The quantitative estimate of drug-likeness (QED) is 0.266. The van der Waals surface area contributed by atoms with Crippen molar-refractivity contribution in [3.05, 3.63) is 65.1 Å². The molecule has 0 saturated heterocycles. The molecule has 3 rings (SSSR count). The maximum atomic E-state index is 6.15. The maximum Gasteiger partial charge on any atom is 0.192 e. The molecule has 0 atom stereocenters. The van der Waals surface area contributed by atoms with Crippen molar-refractivity contribution >= 4 is 46.6 Å². The molecule has 4 N–H and O–H groups in total. The van der Waals surface area contributed by atoms with E-state index < -0.39 is 0 Å². The number of hydrogen-bond donors (Lipinski definition) is 4. The minimum Gasteiger partial charge on any atom is -0.458 e. The molecule has 32 heavy (non-hydrogen) atoms. The Morgan fingerprint density at radius 1 is 1.06 bits per heavy atom. The highest BCUT2D eigenvalue weighted by Gasteiger charge is 2.17. The van der Waals surface area contributed by atoms with Gasteiger partial charge in [-0.05, 0) is 74.0 Å². The number of hydrazine groups is 1. The summed E-state index contributed by atoms with van der Waals surface area (Å²) in [6.45, 7) is 8.12. The average Bonchev–Trinajstić information content (AvgIpc) is 3.24. The van der Waals surface area contributed by atoms with Gasteiger partial charge in [-0.15, -0.1) is 0 Å². The van der Waals surface area contributed by atoms with Gasteiger partial charge in [0.05, 0.1) is 12.2 Å². The Labute approximate surface area is 200 Å². The van der Waals surface area contributed by atoms with Gasteiger partial charge < -0.3 is 15.1 Å². The van der Waals surface area contributed by atoms with Crippen LogP contribution in [0.5, 0.6) is 0 Å². The van der Waals surface area contributed by atoms with E-state index in [2.05, 4.69) is 55.6 Å². The highest BCUT2D eigenvalue weighted by molar-refractivity contribution is 7.80. The van der Waals surface area contributed by atoms with E-state index in [0.717, 1.165) is 44.9 Å². The van der Waals surface area contributed by atoms with Crippen molar-refractivity contribution in [1.82, 2.24) is 26.4 Å². The van der Waals surface area contributed by atoms with Crippen molar-refractivity contribution in [1.29, 1.82) is 0 Å². The highest BCUT2D eigenvalue weighted by Crippen LogP contribution is 2.22. The van der Waals surface area contributed by atoms with Gasteiger partial charge in [-0.1, -0.05) is 24.3 Å². The fraction of sp³-hybridized carbons (Fsp3) is 0.348. The Hall–Kier alpha value is -2.75. The van der Waals surface area contributed by atoms with E-state index in [0.29, 0.717) is 21.7 Å². The second-order valence-electron chi connectivity index (χ2n) is 7.30. The van der Waals surface area contributed by atoms with E-state index in [9.17, 15) is 0 Å². The predicted molar refractivity (Wildman–Crippen MR) is 138 cm³/mol. The zero-order valence-corrected chi connectivity index (χ0v) is 20.1. The van der Waals surface area contributed by atoms with Gasteiger partial charge in [0.15, 0.2) is 16.0 Å². The standard InChI is InChI=1S/C23H30N6OS2/c1-3-24-22(31)26-13-11-20(27-28-23(32)25-4-2)21-10-9-19(30-21)16-29-14-12-17-7-5-6-8-18(17)15-29/h5-11,13,27H,3-4,12,14-16H2,1-2H3,(H,24,31)(H2,25,28,32)/b20-11+,26-13-. The van der Waals surface area contributed by atoms with Crippen LogP contribution >= 0.6 is 24.4 Å². The van der Waals surface area contributed by atoms with E-state index in [-0.39, 0.29) is 0 Å². The molecule has 9 heteroatoms. The summed E-state index contributed by atoms with van der Waals surface area (Å²) in [5.41, 5.74) is 9.60. The van der Waals surface area contributed by atoms with E-state index in [4.69, 9.17) is 28.9 Å². The lowest BCUT2D eigenvalue weighted by atomic mass is 10.00. The van der Waals surface area contributed by atoms with Crippen LogP contribution in [0.3, 0.4) is 0 Å². The molecule has 0 aliphatic carbocycles. The number of aliphatic imine (C=N–C) groups is 1. The lowest BCUT2D eigenvalue weighted by Gasteiger charge is -2.27. The lowest BCUT2D eigenvalue weighted by Crippen LogP contribution is -2.42. The molecule has 0 fully saturated rings. The molecule has 2 aromatic rings. The number of nitrogens with zero attached hydrogens (tertiary/aromatic N) is 2. The molecule has 0 unspecified atom stereocenters. The first kappa shape index (κ1) is 23.9. The number of hydrogen-bond acceptors (Lipinski definition) is 5. The van der Waals surface area contributed by atoms with E-state index in [1.807, 2.05) is 26.0 Å². The predicted octanol–water partition coefficient (Wildman–Crippen LogP) is 3.13. The number of fused-ring (bicyclic) bond motifs is 1. The molecule has 2 heterocycles. The molecule has 0 radical (unpaired) electrons. The molecule has 1 aromatic heterocycles. The molecule has 1 aromatic carbocycles. The smallest absolute Gasteiger partial charge is 0.192 e. The lowest BCUT2D eigenvalue weighted by molar-refractivity contribution is 0.225. The third-order valence-corrected chi connectivity index (χ3v) is 5.42. The Bertz CT molecular complexity index is 984. The van der Waals surface area contributed by atoms with Crippen molar-refractivity contribution in [2.24, 2.45) is 4.99 Å². The zero-order valence-electron chi connectivity index (χ0n) is 18.5. The molecular formula is C23H30N6OS2. The Morgan fingerprint density at radius 3 is 2.62 bits per heavy atom. The van der Waals surface area contributed by atoms with Gasteiger partial charge in [0.2, 0.25) is 0 Å². The largest absolute Gasteiger partial charge is 0.458 e. The van der Waals surface area contributed by atoms with E-state index >= 15 is 0 Å². The molecule has 0 bridgehead atoms. The van der Waals surface area contributed by atoms with Crippen molar-refractivity contribution < 1.29 is 4.42 Å². The summed E-state index contributed by atoms with van der Waals surface area (Å²) >= 11 is 10.4. The molecule has 0 amide bonds. The van der Waals surface area contributed by atoms with Crippen LogP contribution in [0.1, 0.15) is 36.5 Å². The summed E-state index contributed by atoms with van der Waals surface area (Å²) in [5, 5.41) is 6.96. The van der Waals surface area contributed by atoms with Crippen LogP contribution in [0.25, 0.3) is 5.70 Å². The van der Waals surface area contributed by atoms with Gasteiger partial charge >= 0.3 is 0 Å². The van der Waals surface area contributed by atoms with Crippen molar-refractivity contribution in [2.75, 3.05) is 19.6 Å². The molecule has 1 aliphatic rings. The number of rotatable bonds is 8. The minimum atomic E-state index is 0.435. The topological polar surface area (TPSA) is 76.9 Å². The first-order valence-electron chi connectivity index (χ1n) is 10.8.